The van der Waals surface area contributed by atoms with Gasteiger partial charge in [-0.1, -0.05) is 0 Å². The molecule has 0 spiro atoms. The molecule has 1 atom stereocenters. The van der Waals surface area contributed by atoms with Crippen LogP contribution in [-0.2, 0) is 0 Å². The van der Waals surface area contributed by atoms with Gasteiger partial charge < -0.3 is 20.3 Å². The Morgan fingerprint density at radius 2 is 1.94 bits per heavy atom. The monoisotopic (exact) mass is 237 g/mol. The third-order valence-electron chi connectivity index (χ3n) is 3.00. The first-order chi connectivity index (χ1) is 8.22. The summed E-state index contributed by atoms with van der Waals surface area (Å²) in [5, 5.41) is 8.82. The first-order valence-corrected chi connectivity index (χ1v) is 5.99. The second-order valence-electron chi connectivity index (χ2n) is 4.32. The predicted molar refractivity (Wildman–Crippen MR) is 65.4 cm³/mol. The van der Waals surface area contributed by atoms with Crippen LogP contribution in [0.25, 0.3) is 0 Å². The zero-order valence-electron chi connectivity index (χ0n) is 10.1. The van der Waals surface area contributed by atoms with Crippen molar-refractivity contribution in [2.24, 2.45) is 5.73 Å². The summed E-state index contributed by atoms with van der Waals surface area (Å²) in [6.45, 7) is 3.38. The highest BCUT2D eigenvalue weighted by Gasteiger charge is 2.17. The highest BCUT2D eigenvalue weighted by Crippen LogP contribution is 2.35. The number of benzene rings is 1. The molecular formula is C13H19NO3. The van der Waals surface area contributed by atoms with E-state index in [1.54, 1.807) is 0 Å². The highest BCUT2D eigenvalue weighted by atomic mass is 16.6. The average molecular weight is 237 g/mol. The molecule has 0 saturated heterocycles. The lowest BCUT2D eigenvalue weighted by Crippen LogP contribution is -2.18. The highest BCUT2D eigenvalue weighted by molar-refractivity contribution is 5.48. The molecule has 1 heterocycles. The fourth-order valence-corrected chi connectivity index (χ4v) is 2.07. The number of rotatable bonds is 4. The lowest BCUT2D eigenvalue weighted by atomic mass is 9.97. The summed E-state index contributed by atoms with van der Waals surface area (Å²) in [5.74, 6) is 1.57. The summed E-state index contributed by atoms with van der Waals surface area (Å²) < 4.78 is 11.1. The molecule has 4 nitrogen and oxygen atoms in total. The van der Waals surface area contributed by atoms with Crippen molar-refractivity contribution in [3.8, 4) is 11.5 Å². The van der Waals surface area contributed by atoms with Crippen molar-refractivity contribution in [2.45, 2.75) is 25.8 Å². The van der Waals surface area contributed by atoms with Gasteiger partial charge in [-0.3, -0.25) is 0 Å². The van der Waals surface area contributed by atoms with Gasteiger partial charge in [0.25, 0.3) is 0 Å². The van der Waals surface area contributed by atoms with Gasteiger partial charge >= 0.3 is 0 Å². The van der Waals surface area contributed by atoms with Crippen LogP contribution < -0.4 is 15.2 Å². The molecule has 0 saturated carbocycles. The van der Waals surface area contributed by atoms with E-state index in [2.05, 4.69) is 0 Å². The molecule has 94 valence electrons. The topological polar surface area (TPSA) is 64.7 Å². The van der Waals surface area contributed by atoms with E-state index in [4.69, 9.17) is 20.3 Å². The van der Waals surface area contributed by atoms with E-state index in [1.807, 2.05) is 19.1 Å². The van der Waals surface area contributed by atoms with E-state index in [0.29, 0.717) is 13.2 Å². The van der Waals surface area contributed by atoms with Crippen LogP contribution in [0, 0.1) is 6.92 Å². The fraction of sp³-hybridized carbons (Fsp3) is 0.538. The van der Waals surface area contributed by atoms with Gasteiger partial charge in [-0.2, -0.15) is 0 Å². The van der Waals surface area contributed by atoms with E-state index in [9.17, 15) is 0 Å². The number of ether oxygens (including phenoxy) is 2. The molecule has 2 rings (SSSR count). The molecule has 0 aromatic heterocycles. The molecular weight excluding hydrogens is 218 g/mol. The first-order valence-electron chi connectivity index (χ1n) is 5.99. The van der Waals surface area contributed by atoms with Crippen molar-refractivity contribution in [1.29, 1.82) is 0 Å². The summed E-state index contributed by atoms with van der Waals surface area (Å²) in [6.07, 6.45) is 1.49. The van der Waals surface area contributed by atoms with E-state index >= 15 is 0 Å². The number of hydrogen-bond donors (Lipinski definition) is 2. The van der Waals surface area contributed by atoms with E-state index in [-0.39, 0.29) is 12.6 Å². The van der Waals surface area contributed by atoms with E-state index < -0.39 is 0 Å². The number of hydrogen-bond acceptors (Lipinski definition) is 4. The number of nitrogens with two attached hydrogens (primary N) is 1. The maximum atomic E-state index is 8.82. The van der Waals surface area contributed by atoms with Crippen LogP contribution in [-0.4, -0.2) is 24.9 Å². The van der Waals surface area contributed by atoms with Crippen molar-refractivity contribution < 1.29 is 14.6 Å². The molecule has 0 amide bonds. The van der Waals surface area contributed by atoms with Crippen LogP contribution in [0.3, 0.4) is 0 Å². The minimum atomic E-state index is -0.0574. The lowest BCUT2D eigenvalue weighted by molar-refractivity contribution is 0.171. The van der Waals surface area contributed by atoms with Crippen LogP contribution in [0.5, 0.6) is 11.5 Å². The summed E-state index contributed by atoms with van der Waals surface area (Å²) in [6, 6.07) is 3.88. The van der Waals surface area contributed by atoms with Gasteiger partial charge in [0.1, 0.15) is 13.2 Å². The smallest absolute Gasteiger partial charge is 0.161 e. The Morgan fingerprint density at radius 1 is 1.29 bits per heavy atom. The Morgan fingerprint density at radius 3 is 2.59 bits per heavy atom. The lowest BCUT2D eigenvalue weighted by Gasteiger charge is -2.22. The third-order valence-corrected chi connectivity index (χ3v) is 3.00. The Labute approximate surface area is 101 Å². The Bertz CT molecular complexity index is 392. The van der Waals surface area contributed by atoms with Crippen molar-refractivity contribution in [3.05, 3.63) is 23.3 Å². The van der Waals surface area contributed by atoms with Gasteiger partial charge in [0.2, 0.25) is 0 Å². The van der Waals surface area contributed by atoms with Gasteiger partial charge in [-0.25, -0.2) is 0 Å². The normalized spacial score (nSPS) is 15.7. The van der Waals surface area contributed by atoms with Crippen LogP contribution in [0.4, 0.5) is 0 Å². The Balaban J connectivity index is 2.22. The second kappa shape index (κ2) is 5.38. The largest absolute Gasteiger partial charge is 0.486 e. The van der Waals surface area contributed by atoms with Gasteiger partial charge in [0.15, 0.2) is 11.5 Å². The zero-order chi connectivity index (χ0) is 12.3. The maximum absolute atomic E-state index is 8.82. The molecule has 1 unspecified atom stereocenters. The number of aliphatic hydroxyl groups excluding tert-OH is 1. The van der Waals surface area contributed by atoms with E-state index in [1.165, 1.54) is 0 Å². The molecule has 1 aromatic carbocycles. The molecule has 0 fully saturated rings. The van der Waals surface area contributed by atoms with Crippen molar-refractivity contribution >= 4 is 0 Å². The van der Waals surface area contributed by atoms with Crippen molar-refractivity contribution in [1.82, 2.24) is 0 Å². The van der Waals surface area contributed by atoms with Gasteiger partial charge in [0.05, 0.1) is 0 Å². The van der Waals surface area contributed by atoms with Crippen molar-refractivity contribution in [3.63, 3.8) is 0 Å². The van der Waals surface area contributed by atoms with Gasteiger partial charge in [-0.15, -0.1) is 0 Å². The van der Waals surface area contributed by atoms with Crippen LogP contribution >= 0.6 is 0 Å². The molecule has 17 heavy (non-hydrogen) atoms. The zero-order valence-corrected chi connectivity index (χ0v) is 10.1. The quantitative estimate of drug-likeness (QED) is 0.833. The van der Waals surface area contributed by atoms with Crippen LogP contribution in [0.2, 0.25) is 0 Å². The molecule has 3 N–H and O–H groups in total. The minimum Gasteiger partial charge on any atom is -0.486 e. The first kappa shape index (κ1) is 12.2. The van der Waals surface area contributed by atoms with Gasteiger partial charge in [0, 0.05) is 12.6 Å². The minimum absolute atomic E-state index is 0.0574. The Hall–Kier alpha value is -1.26. The second-order valence-corrected chi connectivity index (χ2v) is 4.32. The number of aliphatic hydroxyl groups is 1. The van der Waals surface area contributed by atoms with Crippen molar-refractivity contribution in [2.75, 3.05) is 19.8 Å². The average Bonchev–Trinajstić information content (AvgIpc) is 2.35. The summed E-state index contributed by atoms with van der Waals surface area (Å²) in [4.78, 5) is 0. The summed E-state index contributed by atoms with van der Waals surface area (Å²) >= 11 is 0. The Kier molecular flexibility index (Phi) is 3.86. The number of fused-ring (bicyclic) bond motifs is 1. The van der Waals surface area contributed by atoms with Crippen LogP contribution in [0.15, 0.2) is 12.1 Å². The SMILES string of the molecule is Cc1cc2c(cc1C(N)CCCO)OCCO2. The molecule has 0 radical (unpaired) electrons. The molecule has 1 aliphatic rings. The van der Waals surface area contributed by atoms with Crippen LogP contribution in [0.1, 0.15) is 30.0 Å². The molecule has 4 heteroatoms. The fourth-order valence-electron chi connectivity index (χ4n) is 2.07. The summed E-state index contributed by atoms with van der Waals surface area (Å²) in [7, 11) is 0. The third kappa shape index (κ3) is 2.70. The van der Waals surface area contributed by atoms with Gasteiger partial charge in [-0.05, 0) is 43.0 Å². The molecule has 1 aliphatic heterocycles. The molecule has 0 bridgehead atoms. The standard InChI is InChI=1S/C13H19NO3/c1-9-7-12-13(17-6-5-16-12)8-10(9)11(14)3-2-4-15/h7-8,11,15H,2-6,14H2,1H3. The molecule has 1 aromatic rings. The molecule has 0 aliphatic carbocycles. The van der Waals surface area contributed by atoms with E-state index in [0.717, 1.165) is 35.5 Å². The maximum Gasteiger partial charge on any atom is 0.161 e. The summed E-state index contributed by atoms with van der Waals surface area (Å²) in [5.41, 5.74) is 8.29. The predicted octanol–water partition coefficient (Wildman–Crippen LogP) is 1.54. The number of aryl methyl sites for hydroxylation is 1.